The average Bonchev–Trinajstić information content (AvgIpc) is 2.83. The lowest BCUT2D eigenvalue weighted by Gasteiger charge is -2.34. The summed E-state index contributed by atoms with van der Waals surface area (Å²) in [5.74, 6) is -1.08. The number of carbonyl (C=O) groups excluding carboxylic acids is 3. The molecule has 10 heteroatoms. The summed E-state index contributed by atoms with van der Waals surface area (Å²) >= 11 is 0. The molecule has 0 spiro atoms. The van der Waals surface area contributed by atoms with E-state index in [9.17, 15) is 24.3 Å². The second-order valence-corrected chi connectivity index (χ2v) is 7.02. The number of likely N-dealkylation sites (tertiary alicyclic amines) is 1. The molecule has 2 N–H and O–H groups in total. The molecule has 0 unspecified atom stereocenters. The molecule has 2 atom stereocenters. The van der Waals surface area contributed by atoms with E-state index in [-0.39, 0.29) is 32.7 Å². The standard InChI is InChI=1S/C14H17NO5.C9H8O4/c16-11-6-7-12(13(17)18)15(8-11)14(19)20-9-10-4-2-1-3-5-10;10-7-13-9(11)12-6-8-4-2-1-3-5-8/h1-5,11-12,16H,6-9H2,(H,17,18);1-5,7H,6H2/t11-,12+;/m1./s1. The lowest BCUT2D eigenvalue weighted by Crippen LogP contribution is -2.52. The van der Waals surface area contributed by atoms with Crippen molar-refractivity contribution in [2.24, 2.45) is 0 Å². The Morgan fingerprint density at radius 3 is 1.97 bits per heavy atom. The van der Waals surface area contributed by atoms with E-state index in [4.69, 9.17) is 9.84 Å². The van der Waals surface area contributed by atoms with Crippen molar-refractivity contribution in [2.75, 3.05) is 6.54 Å². The quantitative estimate of drug-likeness (QED) is 0.379. The summed E-state index contributed by atoms with van der Waals surface area (Å²) in [7, 11) is 0. The van der Waals surface area contributed by atoms with Crippen molar-refractivity contribution in [3.8, 4) is 0 Å². The van der Waals surface area contributed by atoms with E-state index in [2.05, 4.69) is 9.47 Å². The predicted octanol–water partition coefficient (Wildman–Crippen LogP) is 2.73. The fourth-order valence-electron chi connectivity index (χ4n) is 3.00. The largest absolute Gasteiger partial charge is 0.516 e. The molecule has 2 aromatic rings. The summed E-state index contributed by atoms with van der Waals surface area (Å²) in [6.07, 6.45) is -1.79. The molecule has 1 aliphatic rings. The van der Waals surface area contributed by atoms with Gasteiger partial charge in [0.15, 0.2) is 0 Å². The third kappa shape index (κ3) is 8.99. The first-order valence-electron chi connectivity index (χ1n) is 10.1. The van der Waals surface area contributed by atoms with E-state index in [0.29, 0.717) is 6.42 Å². The maximum absolute atomic E-state index is 12.0. The van der Waals surface area contributed by atoms with Crippen molar-refractivity contribution in [3.63, 3.8) is 0 Å². The molecule has 1 fully saturated rings. The number of rotatable bonds is 6. The molecule has 33 heavy (non-hydrogen) atoms. The number of carboxylic acids is 1. The van der Waals surface area contributed by atoms with Gasteiger partial charge < -0.3 is 24.4 Å². The highest BCUT2D eigenvalue weighted by atomic mass is 16.7. The molecular formula is C23H25NO9. The maximum Gasteiger partial charge on any atom is 0.516 e. The highest BCUT2D eigenvalue weighted by Gasteiger charge is 2.36. The van der Waals surface area contributed by atoms with Gasteiger partial charge in [0, 0.05) is 0 Å². The van der Waals surface area contributed by atoms with E-state index >= 15 is 0 Å². The van der Waals surface area contributed by atoms with Gasteiger partial charge >= 0.3 is 24.7 Å². The number of carbonyl (C=O) groups is 4. The zero-order valence-electron chi connectivity index (χ0n) is 17.7. The van der Waals surface area contributed by atoms with Gasteiger partial charge in [0.25, 0.3) is 0 Å². The molecule has 0 aliphatic carbocycles. The minimum absolute atomic E-state index is 0.00934. The summed E-state index contributed by atoms with van der Waals surface area (Å²) in [5, 5.41) is 18.7. The van der Waals surface area contributed by atoms with E-state index in [1.165, 1.54) is 0 Å². The van der Waals surface area contributed by atoms with E-state index in [1.807, 2.05) is 48.5 Å². The van der Waals surface area contributed by atoms with Gasteiger partial charge in [-0.15, -0.1) is 0 Å². The van der Waals surface area contributed by atoms with Gasteiger partial charge in [0.1, 0.15) is 19.3 Å². The molecule has 1 heterocycles. The third-order valence-corrected chi connectivity index (χ3v) is 4.63. The van der Waals surface area contributed by atoms with Crippen LogP contribution < -0.4 is 0 Å². The highest BCUT2D eigenvalue weighted by molar-refractivity contribution is 5.80. The van der Waals surface area contributed by atoms with Crippen molar-refractivity contribution in [3.05, 3.63) is 71.8 Å². The zero-order chi connectivity index (χ0) is 24.1. The summed E-state index contributed by atoms with van der Waals surface area (Å²) in [5.41, 5.74) is 1.66. The van der Waals surface area contributed by atoms with Crippen LogP contribution in [0.25, 0.3) is 0 Å². The van der Waals surface area contributed by atoms with Gasteiger partial charge in [-0.2, -0.15) is 0 Å². The van der Waals surface area contributed by atoms with Gasteiger partial charge in [-0.05, 0) is 24.0 Å². The second-order valence-electron chi connectivity index (χ2n) is 7.02. The Hall–Kier alpha value is -3.92. The second kappa shape index (κ2) is 13.5. The number of ether oxygens (including phenoxy) is 3. The number of nitrogens with zero attached hydrogens (tertiary/aromatic N) is 1. The average molecular weight is 459 g/mol. The number of aliphatic carboxylic acids is 1. The minimum atomic E-state index is -1.08. The summed E-state index contributed by atoms with van der Waals surface area (Å²) in [6, 6.07) is 17.3. The Labute approximate surface area is 190 Å². The van der Waals surface area contributed by atoms with E-state index < -0.39 is 30.4 Å². The molecule has 2 aromatic carbocycles. The van der Waals surface area contributed by atoms with Gasteiger partial charge in [0.2, 0.25) is 0 Å². The molecule has 1 amide bonds. The van der Waals surface area contributed by atoms with Crippen LogP contribution >= 0.6 is 0 Å². The van der Waals surface area contributed by atoms with Gasteiger partial charge in [-0.3, -0.25) is 9.69 Å². The number of piperidine rings is 1. The minimum Gasteiger partial charge on any atom is -0.480 e. The van der Waals surface area contributed by atoms with Crippen LogP contribution in [0.3, 0.4) is 0 Å². The molecule has 176 valence electrons. The van der Waals surface area contributed by atoms with Crippen LogP contribution in [0.4, 0.5) is 9.59 Å². The Bertz CT molecular complexity index is 905. The van der Waals surface area contributed by atoms with Crippen molar-refractivity contribution in [1.29, 1.82) is 0 Å². The molecule has 1 aliphatic heterocycles. The van der Waals surface area contributed by atoms with Gasteiger partial charge in [0.05, 0.1) is 12.6 Å². The first kappa shape index (κ1) is 25.3. The highest BCUT2D eigenvalue weighted by Crippen LogP contribution is 2.19. The number of aliphatic hydroxyl groups excluding tert-OH is 1. The fraction of sp³-hybridized carbons (Fsp3) is 0.304. The molecule has 3 rings (SSSR count). The summed E-state index contributed by atoms with van der Waals surface area (Å²) in [4.78, 5) is 44.4. The number of amides is 1. The molecular weight excluding hydrogens is 434 g/mol. The predicted molar refractivity (Wildman–Crippen MR) is 114 cm³/mol. The van der Waals surface area contributed by atoms with Crippen molar-refractivity contribution in [1.82, 2.24) is 4.90 Å². The summed E-state index contributed by atoms with van der Waals surface area (Å²) < 4.78 is 13.6. The first-order valence-corrected chi connectivity index (χ1v) is 10.1. The van der Waals surface area contributed by atoms with Crippen molar-refractivity contribution >= 4 is 24.7 Å². The normalized spacial score (nSPS) is 17.1. The van der Waals surface area contributed by atoms with Crippen LogP contribution in [0.5, 0.6) is 0 Å². The number of aliphatic hydroxyl groups is 1. The van der Waals surface area contributed by atoms with Gasteiger partial charge in [-0.25, -0.2) is 14.4 Å². The van der Waals surface area contributed by atoms with E-state index in [1.54, 1.807) is 12.1 Å². The van der Waals surface area contributed by atoms with Crippen LogP contribution in [-0.4, -0.2) is 58.5 Å². The number of hydrogen-bond donors (Lipinski definition) is 2. The van der Waals surface area contributed by atoms with Crippen LogP contribution in [0.15, 0.2) is 60.7 Å². The molecule has 0 bridgehead atoms. The first-order chi connectivity index (χ1) is 15.9. The topological polar surface area (TPSA) is 140 Å². The van der Waals surface area contributed by atoms with E-state index in [0.717, 1.165) is 16.0 Å². The maximum atomic E-state index is 12.0. The number of carboxylic acid groups (broad SMARTS) is 1. The van der Waals surface area contributed by atoms with Gasteiger partial charge in [-0.1, -0.05) is 60.7 Å². The molecule has 1 saturated heterocycles. The van der Waals surface area contributed by atoms with Crippen LogP contribution in [0, 0.1) is 0 Å². The van der Waals surface area contributed by atoms with Crippen molar-refractivity contribution in [2.45, 2.75) is 38.2 Å². The van der Waals surface area contributed by atoms with Crippen LogP contribution in [-0.2, 0) is 37.0 Å². The zero-order valence-corrected chi connectivity index (χ0v) is 17.7. The molecule has 0 radical (unpaired) electrons. The number of benzene rings is 2. The lowest BCUT2D eigenvalue weighted by molar-refractivity contribution is -0.145. The van der Waals surface area contributed by atoms with Crippen LogP contribution in [0.2, 0.25) is 0 Å². The monoisotopic (exact) mass is 459 g/mol. The fourth-order valence-corrected chi connectivity index (χ4v) is 3.00. The number of hydrogen-bond acceptors (Lipinski definition) is 8. The Morgan fingerprint density at radius 1 is 0.909 bits per heavy atom. The number of β-amino-alcohol motifs (C(OH)–C–C–N with tert-alkyl or cyclic N) is 1. The van der Waals surface area contributed by atoms with Crippen molar-refractivity contribution < 1.29 is 43.6 Å². The van der Waals surface area contributed by atoms with Crippen LogP contribution in [0.1, 0.15) is 24.0 Å². The Kier molecular flexibility index (Phi) is 10.4. The molecule has 0 saturated carbocycles. The third-order valence-electron chi connectivity index (χ3n) is 4.63. The smallest absolute Gasteiger partial charge is 0.480 e. The molecule has 0 aromatic heterocycles. The molecule has 10 nitrogen and oxygen atoms in total. The lowest BCUT2D eigenvalue weighted by atomic mass is 10.0. The summed E-state index contributed by atoms with van der Waals surface area (Å²) in [6.45, 7) is 0.212. The Balaban J connectivity index is 0.000000257. The SMILES string of the molecule is O=C(O)[C@@H]1CC[C@@H](O)CN1C(=O)OCc1ccccc1.O=COC(=O)OCc1ccccc1. The Morgan fingerprint density at radius 2 is 1.45 bits per heavy atom.